The number of ether oxygens (including phenoxy) is 1. The van der Waals surface area contributed by atoms with Gasteiger partial charge in [-0.05, 0) is 25.0 Å². The van der Waals surface area contributed by atoms with Gasteiger partial charge in [0.1, 0.15) is 0 Å². The van der Waals surface area contributed by atoms with Crippen LogP contribution in [0.4, 0.5) is 0 Å². The third-order valence-electron chi connectivity index (χ3n) is 4.07. The van der Waals surface area contributed by atoms with Crippen molar-refractivity contribution in [3.8, 4) is 11.3 Å². The van der Waals surface area contributed by atoms with E-state index in [2.05, 4.69) is 20.5 Å². The van der Waals surface area contributed by atoms with Crippen LogP contribution < -0.4 is 5.32 Å². The molecule has 0 aromatic carbocycles. The Balaban J connectivity index is 1.73. The number of hydrogen-bond donors (Lipinski definition) is 3. The molecule has 0 saturated carbocycles. The van der Waals surface area contributed by atoms with Crippen molar-refractivity contribution >= 4 is 0 Å². The van der Waals surface area contributed by atoms with Gasteiger partial charge < -0.3 is 15.2 Å². The number of H-pyrrole nitrogens is 1. The molecule has 3 heterocycles. The smallest absolute Gasteiger partial charge is 0.0710 e. The zero-order valence-corrected chi connectivity index (χ0v) is 11.9. The highest BCUT2D eigenvalue weighted by Crippen LogP contribution is 2.23. The van der Waals surface area contributed by atoms with Gasteiger partial charge in [0, 0.05) is 48.8 Å². The Labute approximate surface area is 123 Å². The average molecular weight is 288 g/mol. The topological polar surface area (TPSA) is 83.1 Å². The summed E-state index contributed by atoms with van der Waals surface area (Å²) in [6, 6.07) is 3.90. The highest BCUT2D eigenvalue weighted by molar-refractivity contribution is 5.61. The molecule has 1 aliphatic heterocycles. The minimum absolute atomic E-state index is 0.121. The molecule has 3 N–H and O–H groups in total. The van der Waals surface area contributed by atoms with Crippen LogP contribution in [-0.2, 0) is 11.3 Å². The van der Waals surface area contributed by atoms with Crippen molar-refractivity contribution in [2.24, 2.45) is 0 Å². The predicted octanol–water partition coefficient (Wildman–Crippen LogP) is 1.10. The van der Waals surface area contributed by atoms with Crippen LogP contribution in [0.5, 0.6) is 0 Å². The molecule has 6 heteroatoms. The Morgan fingerprint density at radius 3 is 2.90 bits per heavy atom. The molecule has 112 valence electrons. The molecule has 1 aliphatic rings. The van der Waals surface area contributed by atoms with Gasteiger partial charge in [0.2, 0.25) is 0 Å². The van der Waals surface area contributed by atoms with Crippen molar-refractivity contribution in [2.45, 2.75) is 24.9 Å². The van der Waals surface area contributed by atoms with Gasteiger partial charge in [-0.15, -0.1) is 0 Å². The first-order valence-corrected chi connectivity index (χ1v) is 7.19. The van der Waals surface area contributed by atoms with E-state index in [1.807, 2.05) is 24.5 Å². The van der Waals surface area contributed by atoms with Gasteiger partial charge in [-0.3, -0.25) is 10.1 Å². The van der Waals surface area contributed by atoms with Crippen LogP contribution in [0.15, 0.2) is 30.7 Å². The summed E-state index contributed by atoms with van der Waals surface area (Å²) in [5.74, 6) is 0. The number of nitrogens with zero attached hydrogens (tertiary/aromatic N) is 2. The van der Waals surface area contributed by atoms with E-state index in [0.717, 1.165) is 29.7 Å². The summed E-state index contributed by atoms with van der Waals surface area (Å²) in [4.78, 5) is 4.14. The highest BCUT2D eigenvalue weighted by Gasteiger charge is 2.31. The van der Waals surface area contributed by atoms with E-state index < -0.39 is 0 Å². The van der Waals surface area contributed by atoms with Crippen LogP contribution in [0.3, 0.4) is 0 Å². The molecule has 0 radical (unpaired) electrons. The van der Waals surface area contributed by atoms with E-state index in [4.69, 9.17) is 4.74 Å². The molecule has 1 fully saturated rings. The lowest BCUT2D eigenvalue weighted by molar-refractivity contribution is 0.0112. The lowest BCUT2D eigenvalue weighted by Gasteiger charge is -2.36. The summed E-state index contributed by atoms with van der Waals surface area (Å²) < 4.78 is 5.38. The second-order valence-corrected chi connectivity index (χ2v) is 5.42. The maximum Gasteiger partial charge on any atom is 0.0710 e. The second-order valence-electron chi connectivity index (χ2n) is 5.42. The molecule has 3 rings (SSSR count). The molecular weight excluding hydrogens is 268 g/mol. The zero-order chi connectivity index (χ0) is 14.5. The monoisotopic (exact) mass is 288 g/mol. The zero-order valence-electron chi connectivity index (χ0n) is 11.9. The number of aromatic nitrogens is 3. The van der Waals surface area contributed by atoms with Gasteiger partial charge in [-0.1, -0.05) is 0 Å². The fourth-order valence-electron chi connectivity index (χ4n) is 2.64. The van der Waals surface area contributed by atoms with Gasteiger partial charge in [0.25, 0.3) is 0 Å². The Kier molecular flexibility index (Phi) is 4.28. The molecule has 0 unspecified atom stereocenters. The van der Waals surface area contributed by atoms with Gasteiger partial charge >= 0.3 is 0 Å². The molecule has 6 nitrogen and oxygen atoms in total. The standard InChI is InChI=1S/C15H20N4O2/c20-11-15(3-6-21-7-4-15)17-9-13-10-18-19-14(13)12-2-1-5-16-8-12/h1-2,5,8,10,17,20H,3-4,6-7,9,11H2,(H,18,19). The Hall–Kier alpha value is -1.76. The summed E-state index contributed by atoms with van der Waals surface area (Å²) in [5.41, 5.74) is 2.80. The molecule has 21 heavy (non-hydrogen) atoms. The fraction of sp³-hybridized carbons (Fsp3) is 0.467. The first kappa shape index (κ1) is 14.2. The normalized spacial score (nSPS) is 17.8. The maximum atomic E-state index is 9.71. The Morgan fingerprint density at radius 2 is 2.19 bits per heavy atom. The first-order valence-electron chi connectivity index (χ1n) is 7.19. The van der Waals surface area contributed by atoms with E-state index in [9.17, 15) is 5.11 Å². The van der Waals surface area contributed by atoms with Crippen LogP contribution in [0, 0.1) is 0 Å². The predicted molar refractivity (Wildman–Crippen MR) is 78.5 cm³/mol. The van der Waals surface area contributed by atoms with Gasteiger partial charge in [0.05, 0.1) is 18.5 Å². The van der Waals surface area contributed by atoms with Crippen LogP contribution >= 0.6 is 0 Å². The van der Waals surface area contributed by atoms with E-state index in [1.165, 1.54) is 0 Å². The van der Waals surface area contributed by atoms with Crippen molar-refractivity contribution in [3.05, 3.63) is 36.3 Å². The highest BCUT2D eigenvalue weighted by atomic mass is 16.5. The average Bonchev–Trinajstić information content (AvgIpc) is 3.03. The summed E-state index contributed by atoms with van der Waals surface area (Å²) in [6.45, 7) is 2.15. The van der Waals surface area contributed by atoms with Crippen molar-refractivity contribution < 1.29 is 9.84 Å². The molecule has 2 aromatic heterocycles. The number of nitrogens with one attached hydrogen (secondary N) is 2. The number of aliphatic hydroxyl groups excluding tert-OH is 1. The Bertz CT molecular complexity index is 564. The number of hydrogen-bond acceptors (Lipinski definition) is 5. The van der Waals surface area contributed by atoms with Gasteiger partial charge in [-0.2, -0.15) is 5.10 Å². The number of pyridine rings is 1. The van der Waals surface area contributed by atoms with Crippen molar-refractivity contribution in [1.29, 1.82) is 0 Å². The van der Waals surface area contributed by atoms with Crippen molar-refractivity contribution in [3.63, 3.8) is 0 Å². The summed E-state index contributed by atoms with van der Waals surface area (Å²) in [6.07, 6.45) is 7.03. The molecule has 0 atom stereocenters. The lowest BCUT2D eigenvalue weighted by Crippen LogP contribution is -2.51. The lowest BCUT2D eigenvalue weighted by atomic mass is 9.90. The molecule has 0 spiro atoms. The molecular formula is C15H20N4O2. The quantitative estimate of drug-likeness (QED) is 0.767. The SMILES string of the molecule is OCC1(NCc2cn[nH]c2-c2cccnc2)CCOCC1. The minimum Gasteiger partial charge on any atom is -0.394 e. The maximum absolute atomic E-state index is 9.71. The van der Waals surface area contributed by atoms with Crippen LogP contribution in [0.1, 0.15) is 18.4 Å². The van der Waals surface area contributed by atoms with E-state index in [0.29, 0.717) is 19.8 Å². The fourth-order valence-corrected chi connectivity index (χ4v) is 2.64. The van der Waals surface area contributed by atoms with Crippen molar-refractivity contribution in [2.75, 3.05) is 19.8 Å². The molecule has 2 aromatic rings. The first-order chi connectivity index (χ1) is 10.3. The summed E-state index contributed by atoms with van der Waals surface area (Å²) in [7, 11) is 0. The van der Waals surface area contributed by atoms with E-state index in [-0.39, 0.29) is 12.1 Å². The minimum atomic E-state index is -0.248. The van der Waals surface area contributed by atoms with Crippen LogP contribution in [0.2, 0.25) is 0 Å². The van der Waals surface area contributed by atoms with E-state index >= 15 is 0 Å². The van der Waals surface area contributed by atoms with Crippen molar-refractivity contribution in [1.82, 2.24) is 20.5 Å². The van der Waals surface area contributed by atoms with E-state index in [1.54, 1.807) is 6.20 Å². The van der Waals surface area contributed by atoms with Gasteiger partial charge in [0.15, 0.2) is 0 Å². The summed E-state index contributed by atoms with van der Waals surface area (Å²) in [5, 5.41) is 20.3. The number of rotatable bonds is 5. The third kappa shape index (κ3) is 3.12. The number of aliphatic hydroxyl groups is 1. The molecule has 1 saturated heterocycles. The molecule has 0 bridgehead atoms. The third-order valence-corrected chi connectivity index (χ3v) is 4.07. The second kappa shape index (κ2) is 6.34. The van der Waals surface area contributed by atoms with Crippen LogP contribution in [0.25, 0.3) is 11.3 Å². The van der Waals surface area contributed by atoms with Gasteiger partial charge in [-0.25, -0.2) is 0 Å². The molecule has 0 aliphatic carbocycles. The molecule has 0 amide bonds. The Morgan fingerprint density at radius 1 is 1.33 bits per heavy atom. The summed E-state index contributed by atoms with van der Waals surface area (Å²) >= 11 is 0. The number of aromatic amines is 1. The largest absolute Gasteiger partial charge is 0.394 e. The van der Waals surface area contributed by atoms with Crippen LogP contribution in [-0.4, -0.2) is 45.6 Å².